The van der Waals surface area contributed by atoms with Crippen LogP contribution >= 0.6 is 0 Å². The maximum atomic E-state index is 5.49. The van der Waals surface area contributed by atoms with Crippen LogP contribution in [-0.2, 0) is 0 Å². The number of rotatable bonds is 6. The third-order valence-electron chi connectivity index (χ3n) is 4.23. The van der Waals surface area contributed by atoms with Gasteiger partial charge in [0, 0.05) is 23.3 Å². The zero-order valence-electron chi connectivity index (χ0n) is 15.3. The minimum absolute atomic E-state index is 0.187. The first-order chi connectivity index (χ1) is 12.1. The van der Waals surface area contributed by atoms with E-state index in [0.29, 0.717) is 0 Å². The van der Waals surface area contributed by atoms with E-state index in [4.69, 9.17) is 4.74 Å². The van der Waals surface area contributed by atoms with Gasteiger partial charge in [-0.1, -0.05) is 42.5 Å². The number of hydrogen-bond donors (Lipinski definition) is 1. The van der Waals surface area contributed by atoms with Crippen molar-refractivity contribution in [1.29, 1.82) is 0 Å². The van der Waals surface area contributed by atoms with E-state index in [1.54, 1.807) is 7.11 Å². The van der Waals surface area contributed by atoms with Crippen molar-refractivity contribution in [3.63, 3.8) is 0 Å². The van der Waals surface area contributed by atoms with Crippen molar-refractivity contribution in [2.45, 2.75) is 13.0 Å². The first-order valence-electron chi connectivity index (χ1n) is 8.49. The van der Waals surface area contributed by atoms with Gasteiger partial charge >= 0.3 is 0 Å². The van der Waals surface area contributed by atoms with Gasteiger partial charge in [0.1, 0.15) is 11.3 Å². The molecule has 0 saturated heterocycles. The highest BCUT2D eigenvalue weighted by Gasteiger charge is 2.15. The van der Waals surface area contributed by atoms with Crippen molar-refractivity contribution in [2.24, 2.45) is 0 Å². The fraction of sp³-hybridized carbons (Fsp3) is 0.286. The summed E-state index contributed by atoms with van der Waals surface area (Å²) >= 11 is 0. The second-order valence-corrected chi connectivity index (χ2v) is 6.54. The second-order valence-electron chi connectivity index (χ2n) is 6.54. The third kappa shape index (κ3) is 3.91. The molecule has 0 spiro atoms. The number of anilines is 1. The van der Waals surface area contributed by atoms with Crippen molar-refractivity contribution >= 4 is 16.6 Å². The van der Waals surface area contributed by atoms with Gasteiger partial charge in [-0.15, -0.1) is 0 Å². The van der Waals surface area contributed by atoms with E-state index in [1.165, 1.54) is 5.56 Å². The van der Waals surface area contributed by atoms with E-state index >= 15 is 0 Å². The average Bonchev–Trinajstić information content (AvgIpc) is 2.61. The summed E-state index contributed by atoms with van der Waals surface area (Å²) in [5.74, 6) is 0.799. The Hall–Kier alpha value is -2.59. The summed E-state index contributed by atoms with van der Waals surface area (Å²) in [5.41, 5.74) is 4.21. The molecule has 1 unspecified atom stereocenters. The molecular weight excluding hydrogens is 310 g/mol. The molecule has 0 bridgehead atoms. The summed E-state index contributed by atoms with van der Waals surface area (Å²) in [4.78, 5) is 6.87. The molecule has 1 heterocycles. The van der Waals surface area contributed by atoms with Crippen LogP contribution < -0.4 is 10.1 Å². The average molecular weight is 335 g/mol. The van der Waals surface area contributed by atoms with Crippen molar-refractivity contribution in [3.8, 4) is 5.75 Å². The van der Waals surface area contributed by atoms with Crippen LogP contribution in [0.25, 0.3) is 10.9 Å². The lowest BCUT2D eigenvalue weighted by molar-refractivity contribution is 0.387. The molecule has 0 aliphatic carbocycles. The van der Waals surface area contributed by atoms with Crippen LogP contribution in [0.3, 0.4) is 0 Å². The molecule has 1 aromatic heterocycles. The highest BCUT2D eigenvalue weighted by Crippen LogP contribution is 2.32. The lowest BCUT2D eigenvalue weighted by atomic mass is 10.0. The Morgan fingerprint density at radius 1 is 1.08 bits per heavy atom. The smallest absolute Gasteiger partial charge is 0.145 e. The number of fused-ring (bicyclic) bond motifs is 1. The number of para-hydroxylation sites is 1. The molecule has 3 rings (SSSR count). The molecule has 3 aromatic rings. The molecule has 25 heavy (non-hydrogen) atoms. The number of benzene rings is 2. The quantitative estimate of drug-likeness (QED) is 0.730. The van der Waals surface area contributed by atoms with E-state index in [0.717, 1.165) is 34.6 Å². The van der Waals surface area contributed by atoms with Crippen LogP contribution in [-0.4, -0.2) is 37.6 Å². The van der Waals surface area contributed by atoms with Gasteiger partial charge < -0.3 is 15.0 Å². The van der Waals surface area contributed by atoms with Crippen molar-refractivity contribution in [2.75, 3.05) is 33.1 Å². The van der Waals surface area contributed by atoms with Crippen LogP contribution in [0.4, 0.5) is 5.69 Å². The normalized spacial score (nSPS) is 12.4. The first-order valence-corrected chi connectivity index (χ1v) is 8.49. The number of methoxy groups -OCH3 is 1. The minimum Gasteiger partial charge on any atom is -0.494 e. The van der Waals surface area contributed by atoms with E-state index in [-0.39, 0.29) is 6.04 Å². The molecule has 2 aromatic carbocycles. The van der Waals surface area contributed by atoms with Crippen LogP contribution in [0, 0.1) is 6.92 Å². The van der Waals surface area contributed by atoms with Gasteiger partial charge in [-0.3, -0.25) is 0 Å². The van der Waals surface area contributed by atoms with Gasteiger partial charge in [0.25, 0.3) is 0 Å². The zero-order chi connectivity index (χ0) is 17.8. The van der Waals surface area contributed by atoms with Gasteiger partial charge in [0.05, 0.1) is 13.2 Å². The Balaban J connectivity index is 2.05. The predicted octanol–water partition coefficient (Wildman–Crippen LogP) is 4.27. The van der Waals surface area contributed by atoms with Crippen molar-refractivity contribution in [1.82, 2.24) is 9.88 Å². The van der Waals surface area contributed by atoms with E-state index in [1.807, 2.05) is 25.1 Å². The molecule has 0 saturated carbocycles. The molecular formula is C21H25N3O. The van der Waals surface area contributed by atoms with Crippen LogP contribution in [0.15, 0.2) is 54.6 Å². The van der Waals surface area contributed by atoms with Crippen LogP contribution in [0.1, 0.15) is 17.3 Å². The van der Waals surface area contributed by atoms with Gasteiger partial charge in [-0.25, -0.2) is 4.98 Å². The van der Waals surface area contributed by atoms with Gasteiger partial charge in [0.15, 0.2) is 0 Å². The molecule has 1 atom stereocenters. The standard InChI is InChI=1S/C21H25N3O/c1-15-13-18(17-11-8-12-20(25-4)21(17)22-15)23-19(14-24(2)3)16-9-6-5-7-10-16/h5-13,19H,14H2,1-4H3,(H,22,23). The molecule has 0 radical (unpaired) electrons. The molecule has 4 heteroatoms. The zero-order valence-corrected chi connectivity index (χ0v) is 15.3. The van der Waals surface area contributed by atoms with E-state index in [2.05, 4.69) is 65.7 Å². The number of nitrogens with one attached hydrogen (secondary N) is 1. The van der Waals surface area contributed by atoms with Crippen LogP contribution in [0.5, 0.6) is 5.75 Å². The summed E-state index contributed by atoms with van der Waals surface area (Å²) in [6, 6.07) is 18.9. The molecule has 130 valence electrons. The number of pyridine rings is 1. The van der Waals surface area contributed by atoms with Gasteiger partial charge in [-0.2, -0.15) is 0 Å². The molecule has 0 fully saturated rings. The lowest BCUT2D eigenvalue weighted by Crippen LogP contribution is -2.25. The van der Waals surface area contributed by atoms with E-state index in [9.17, 15) is 0 Å². The first kappa shape index (κ1) is 17.2. The molecule has 0 aliphatic heterocycles. The fourth-order valence-corrected chi connectivity index (χ4v) is 3.11. The number of aromatic nitrogens is 1. The summed E-state index contributed by atoms with van der Waals surface area (Å²) < 4.78 is 5.49. The van der Waals surface area contributed by atoms with Gasteiger partial charge in [0.2, 0.25) is 0 Å². The van der Waals surface area contributed by atoms with Crippen molar-refractivity contribution < 1.29 is 4.74 Å². The van der Waals surface area contributed by atoms with E-state index < -0.39 is 0 Å². The number of likely N-dealkylation sites (N-methyl/N-ethyl adjacent to an activating group) is 1. The third-order valence-corrected chi connectivity index (χ3v) is 4.23. The molecule has 1 N–H and O–H groups in total. The fourth-order valence-electron chi connectivity index (χ4n) is 3.11. The topological polar surface area (TPSA) is 37.4 Å². The molecule has 4 nitrogen and oxygen atoms in total. The highest BCUT2D eigenvalue weighted by molar-refractivity contribution is 5.95. The second kappa shape index (κ2) is 7.53. The molecule has 0 amide bonds. The van der Waals surface area contributed by atoms with Gasteiger partial charge in [-0.05, 0) is 38.7 Å². The number of hydrogen-bond acceptors (Lipinski definition) is 4. The largest absolute Gasteiger partial charge is 0.494 e. The monoisotopic (exact) mass is 335 g/mol. The predicted molar refractivity (Wildman–Crippen MR) is 104 cm³/mol. The maximum absolute atomic E-state index is 5.49. The Morgan fingerprint density at radius 2 is 1.84 bits per heavy atom. The summed E-state index contributed by atoms with van der Waals surface area (Å²) in [7, 11) is 5.87. The number of nitrogens with zero attached hydrogens (tertiary/aromatic N) is 2. The Kier molecular flexibility index (Phi) is 5.19. The Bertz CT molecular complexity index is 846. The summed E-state index contributed by atoms with van der Waals surface area (Å²) in [5, 5.41) is 4.80. The van der Waals surface area contributed by atoms with Crippen LogP contribution in [0.2, 0.25) is 0 Å². The summed E-state index contributed by atoms with van der Waals surface area (Å²) in [6.45, 7) is 2.91. The number of ether oxygens (including phenoxy) is 1. The Labute approximate surface area is 149 Å². The van der Waals surface area contributed by atoms with Crippen molar-refractivity contribution in [3.05, 3.63) is 65.9 Å². The lowest BCUT2D eigenvalue weighted by Gasteiger charge is -2.25. The maximum Gasteiger partial charge on any atom is 0.145 e. The summed E-state index contributed by atoms with van der Waals surface area (Å²) in [6.07, 6.45) is 0. The number of aryl methyl sites for hydroxylation is 1. The minimum atomic E-state index is 0.187. The molecule has 0 aliphatic rings. The highest BCUT2D eigenvalue weighted by atomic mass is 16.5. The SMILES string of the molecule is COc1cccc2c(NC(CN(C)C)c3ccccc3)cc(C)nc12. The Morgan fingerprint density at radius 3 is 2.52 bits per heavy atom.